The first kappa shape index (κ1) is 15.1. The maximum Gasteiger partial charge on any atom is 0.252 e. The number of carbonyl (C=O) groups excluding carboxylic acids is 1. The lowest BCUT2D eigenvalue weighted by molar-refractivity contribution is 0.0939. The summed E-state index contributed by atoms with van der Waals surface area (Å²) in [7, 11) is 0. The number of pyridine rings is 1. The van der Waals surface area contributed by atoms with Crippen molar-refractivity contribution in [2.24, 2.45) is 0 Å². The van der Waals surface area contributed by atoms with Gasteiger partial charge in [-0.1, -0.05) is 16.8 Å². The third kappa shape index (κ3) is 2.77. The van der Waals surface area contributed by atoms with Crippen molar-refractivity contribution >= 4 is 16.8 Å². The number of aryl methyl sites for hydroxylation is 2. The zero-order valence-corrected chi connectivity index (χ0v) is 13.5. The number of carbonyl (C=O) groups is 1. The Morgan fingerprint density at radius 1 is 1.26 bits per heavy atom. The van der Waals surface area contributed by atoms with Gasteiger partial charge in [0.05, 0.1) is 17.1 Å². The van der Waals surface area contributed by atoms with Gasteiger partial charge >= 0.3 is 0 Å². The lowest BCUT2D eigenvalue weighted by Crippen LogP contribution is -2.28. The summed E-state index contributed by atoms with van der Waals surface area (Å²) in [5.41, 5.74) is 4.27. The van der Waals surface area contributed by atoms with Crippen LogP contribution in [0, 0.1) is 20.8 Å². The van der Waals surface area contributed by atoms with Crippen molar-refractivity contribution in [3.05, 3.63) is 46.4 Å². The Labute approximate surface area is 133 Å². The molecule has 1 aromatic carbocycles. The van der Waals surface area contributed by atoms with Crippen molar-refractivity contribution in [2.45, 2.75) is 33.7 Å². The number of aromatic nitrogens is 5. The summed E-state index contributed by atoms with van der Waals surface area (Å²) in [6, 6.07) is 5.58. The molecule has 23 heavy (non-hydrogen) atoms. The Hall–Kier alpha value is -2.83. The van der Waals surface area contributed by atoms with Gasteiger partial charge in [0.1, 0.15) is 0 Å². The highest BCUT2D eigenvalue weighted by Crippen LogP contribution is 2.24. The fourth-order valence-corrected chi connectivity index (χ4v) is 2.57. The van der Waals surface area contributed by atoms with E-state index < -0.39 is 0 Å². The number of hydrogen-bond donors (Lipinski definition) is 2. The van der Waals surface area contributed by atoms with E-state index in [-0.39, 0.29) is 11.9 Å². The highest BCUT2D eigenvalue weighted by molar-refractivity contribution is 6.07. The lowest BCUT2D eigenvalue weighted by atomic mass is 9.99. The second-order valence-corrected chi connectivity index (χ2v) is 5.68. The molecule has 1 unspecified atom stereocenters. The van der Waals surface area contributed by atoms with Crippen LogP contribution in [0.3, 0.4) is 0 Å². The SMILES string of the molecule is Cc1ccc2nc(C)c(C)c(C(=O)NC(C)c3nn[nH]n3)c2c1. The Balaban J connectivity index is 2.05. The maximum atomic E-state index is 12.8. The molecule has 0 saturated heterocycles. The number of tetrazole rings is 1. The lowest BCUT2D eigenvalue weighted by Gasteiger charge is -2.15. The minimum Gasteiger partial charge on any atom is -0.342 e. The topological polar surface area (TPSA) is 96.5 Å². The molecular weight excluding hydrogens is 292 g/mol. The third-order valence-corrected chi connectivity index (χ3v) is 3.95. The number of rotatable bonds is 3. The molecular formula is C16H18N6O. The normalized spacial score (nSPS) is 12.3. The quantitative estimate of drug-likeness (QED) is 0.772. The number of aromatic amines is 1. The van der Waals surface area contributed by atoms with Crippen molar-refractivity contribution < 1.29 is 4.79 Å². The fourth-order valence-electron chi connectivity index (χ4n) is 2.57. The summed E-state index contributed by atoms with van der Waals surface area (Å²) in [5, 5.41) is 17.5. The number of amides is 1. The molecule has 0 bridgehead atoms. The molecule has 1 amide bonds. The number of benzene rings is 1. The molecule has 2 N–H and O–H groups in total. The molecule has 0 saturated carbocycles. The summed E-state index contributed by atoms with van der Waals surface area (Å²) in [4.78, 5) is 17.4. The molecule has 3 rings (SSSR count). The van der Waals surface area contributed by atoms with Gasteiger partial charge in [-0.2, -0.15) is 5.21 Å². The molecule has 7 heteroatoms. The molecule has 3 aromatic rings. The summed E-state index contributed by atoms with van der Waals surface area (Å²) >= 11 is 0. The zero-order chi connectivity index (χ0) is 16.6. The molecule has 0 radical (unpaired) electrons. The Kier molecular flexibility index (Phi) is 3.77. The van der Waals surface area contributed by atoms with E-state index in [1.54, 1.807) is 0 Å². The predicted molar refractivity (Wildman–Crippen MR) is 86.0 cm³/mol. The first-order chi connectivity index (χ1) is 11.0. The number of nitrogens with zero attached hydrogens (tertiary/aromatic N) is 4. The highest BCUT2D eigenvalue weighted by atomic mass is 16.1. The van der Waals surface area contributed by atoms with Gasteiger partial charge in [0, 0.05) is 11.1 Å². The van der Waals surface area contributed by atoms with Crippen LogP contribution in [-0.4, -0.2) is 31.5 Å². The van der Waals surface area contributed by atoms with Crippen molar-refractivity contribution in [3.8, 4) is 0 Å². The monoisotopic (exact) mass is 310 g/mol. The zero-order valence-electron chi connectivity index (χ0n) is 13.5. The second kappa shape index (κ2) is 5.75. The smallest absolute Gasteiger partial charge is 0.252 e. The van der Waals surface area contributed by atoms with Gasteiger partial charge in [0.2, 0.25) is 0 Å². The molecule has 0 fully saturated rings. The summed E-state index contributed by atoms with van der Waals surface area (Å²) in [5.74, 6) is 0.281. The summed E-state index contributed by atoms with van der Waals surface area (Å²) < 4.78 is 0. The molecule has 0 spiro atoms. The van der Waals surface area contributed by atoms with Gasteiger partial charge in [-0.3, -0.25) is 9.78 Å². The van der Waals surface area contributed by atoms with Crippen LogP contribution in [0.2, 0.25) is 0 Å². The van der Waals surface area contributed by atoms with Gasteiger partial charge in [-0.05, 0) is 45.4 Å². The Morgan fingerprint density at radius 2 is 2.04 bits per heavy atom. The molecule has 0 aliphatic carbocycles. The van der Waals surface area contributed by atoms with E-state index in [0.29, 0.717) is 11.4 Å². The summed E-state index contributed by atoms with van der Waals surface area (Å²) in [6.07, 6.45) is 0. The maximum absolute atomic E-state index is 12.8. The molecule has 1 atom stereocenters. The molecule has 0 aliphatic heterocycles. The van der Waals surface area contributed by atoms with Crippen LogP contribution < -0.4 is 5.32 Å². The number of fused-ring (bicyclic) bond motifs is 1. The number of nitrogens with one attached hydrogen (secondary N) is 2. The van der Waals surface area contributed by atoms with Crippen molar-refractivity contribution in [3.63, 3.8) is 0 Å². The van der Waals surface area contributed by atoms with Gasteiger partial charge in [-0.25, -0.2) is 0 Å². The molecule has 7 nitrogen and oxygen atoms in total. The van der Waals surface area contributed by atoms with Crippen LogP contribution >= 0.6 is 0 Å². The summed E-state index contributed by atoms with van der Waals surface area (Å²) in [6.45, 7) is 7.64. The minimum absolute atomic E-state index is 0.166. The van der Waals surface area contributed by atoms with Crippen molar-refractivity contribution in [1.29, 1.82) is 0 Å². The van der Waals surface area contributed by atoms with Crippen molar-refractivity contribution in [1.82, 2.24) is 30.9 Å². The second-order valence-electron chi connectivity index (χ2n) is 5.68. The number of hydrogen-bond acceptors (Lipinski definition) is 5. The van der Waals surface area contributed by atoms with Crippen LogP contribution in [0.15, 0.2) is 18.2 Å². The molecule has 118 valence electrons. The average Bonchev–Trinajstić information content (AvgIpc) is 3.03. The third-order valence-electron chi connectivity index (χ3n) is 3.95. The molecule has 2 aromatic heterocycles. The number of H-pyrrole nitrogens is 1. The van der Waals surface area contributed by atoms with Crippen LogP contribution in [-0.2, 0) is 0 Å². The first-order valence-electron chi connectivity index (χ1n) is 7.39. The van der Waals surface area contributed by atoms with Gasteiger partial charge in [-0.15, -0.1) is 10.2 Å². The van der Waals surface area contributed by atoms with E-state index in [1.807, 2.05) is 45.9 Å². The van der Waals surface area contributed by atoms with Crippen LogP contribution in [0.4, 0.5) is 0 Å². The van der Waals surface area contributed by atoms with Gasteiger partial charge in [0.15, 0.2) is 5.82 Å². The van der Waals surface area contributed by atoms with Crippen LogP contribution in [0.1, 0.15) is 46.0 Å². The van der Waals surface area contributed by atoms with Gasteiger partial charge < -0.3 is 5.32 Å². The minimum atomic E-state index is -0.339. The van der Waals surface area contributed by atoms with Crippen LogP contribution in [0.5, 0.6) is 0 Å². The van der Waals surface area contributed by atoms with E-state index >= 15 is 0 Å². The Morgan fingerprint density at radius 3 is 2.74 bits per heavy atom. The van der Waals surface area contributed by atoms with Crippen molar-refractivity contribution in [2.75, 3.05) is 0 Å². The highest BCUT2D eigenvalue weighted by Gasteiger charge is 2.20. The van der Waals surface area contributed by atoms with E-state index in [4.69, 9.17) is 0 Å². The Bertz CT molecular complexity index is 872. The largest absolute Gasteiger partial charge is 0.342 e. The molecule has 0 aliphatic rings. The van der Waals surface area contributed by atoms with Crippen LogP contribution in [0.25, 0.3) is 10.9 Å². The first-order valence-corrected chi connectivity index (χ1v) is 7.39. The van der Waals surface area contributed by atoms with E-state index in [2.05, 4.69) is 30.9 Å². The van der Waals surface area contributed by atoms with E-state index in [1.165, 1.54) is 0 Å². The van der Waals surface area contributed by atoms with E-state index in [0.717, 1.165) is 27.7 Å². The van der Waals surface area contributed by atoms with E-state index in [9.17, 15) is 4.79 Å². The fraction of sp³-hybridized carbons (Fsp3) is 0.312. The average molecular weight is 310 g/mol. The van der Waals surface area contributed by atoms with Gasteiger partial charge in [0.25, 0.3) is 5.91 Å². The molecule has 2 heterocycles. The standard InChI is InChI=1S/C16H18N6O/c1-8-5-6-13-12(7-8)14(9(2)10(3)17-13)16(23)18-11(4)15-19-21-22-20-15/h5-7,11H,1-4H3,(H,18,23)(H,19,20,21,22). The predicted octanol–water partition coefficient (Wildman–Crippen LogP) is 2.16.